The largest absolute Gasteiger partial charge is 0.178 e. The van der Waals surface area contributed by atoms with Gasteiger partial charge in [-0.05, 0) is 24.3 Å². The van der Waals surface area contributed by atoms with E-state index in [4.69, 9.17) is 0 Å². The summed E-state index contributed by atoms with van der Waals surface area (Å²) in [6.45, 7) is 0. The van der Waals surface area contributed by atoms with Crippen LogP contribution in [0.4, 0.5) is 0 Å². The summed E-state index contributed by atoms with van der Waals surface area (Å²) in [7, 11) is 0. The van der Waals surface area contributed by atoms with Crippen molar-refractivity contribution in [3.05, 3.63) is 0 Å². The van der Waals surface area contributed by atoms with Gasteiger partial charge in [-0.25, -0.2) is 0 Å². The molecule has 2 saturated heterocycles. The van der Waals surface area contributed by atoms with Gasteiger partial charge in [0.05, 0.1) is 9.16 Å². The maximum absolute atomic E-state index is 4.41. The van der Waals surface area contributed by atoms with Gasteiger partial charge in [-0.15, -0.1) is 47.0 Å². The van der Waals surface area contributed by atoms with Crippen LogP contribution in [0.15, 0.2) is 0 Å². The van der Waals surface area contributed by atoms with Gasteiger partial charge in [0.1, 0.15) is 0 Å². The number of unbranched alkanes of at least 4 members (excludes halogenated alkanes) is 3. The molecule has 0 amide bonds. The quantitative estimate of drug-likeness (QED) is 0.236. The highest BCUT2D eigenvalue weighted by molar-refractivity contribution is 8.22. The van der Waals surface area contributed by atoms with Gasteiger partial charge < -0.3 is 0 Å². The lowest BCUT2D eigenvalue weighted by Gasteiger charge is -2.09. The van der Waals surface area contributed by atoms with E-state index in [1.807, 2.05) is 0 Å². The molecule has 24 heavy (non-hydrogen) atoms. The second kappa shape index (κ2) is 14.7. The van der Waals surface area contributed by atoms with Crippen LogP contribution < -0.4 is 0 Å². The van der Waals surface area contributed by atoms with Gasteiger partial charge in [-0.2, -0.15) is 48.8 Å². The van der Waals surface area contributed by atoms with Crippen molar-refractivity contribution in [2.24, 2.45) is 0 Å². The van der Waals surface area contributed by atoms with Gasteiger partial charge in [0.2, 0.25) is 0 Å². The van der Waals surface area contributed by atoms with Crippen LogP contribution in [0.5, 0.6) is 0 Å². The fourth-order valence-corrected chi connectivity index (χ4v) is 13.0. The van der Waals surface area contributed by atoms with Gasteiger partial charge >= 0.3 is 0 Å². The summed E-state index contributed by atoms with van der Waals surface area (Å²) in [6, 6.07) is 0. The maximum atomic E-state index is 4.41. The van der Waals surface area contributed by atoms with Crippen molar-refractivity contribution in [2.75, 3.05) is 46.0 Å². The smallest absolute Gasteiger partial charge is 0.0596 e. The van der Waals surface area contributed by atoms with Crippen LogP contribution in [0.3, 0.4) is 0 Å². The molecule has 2 rings (SSSR count). The van der Waals surface area contributed by atoms with E-state index in [2.05, 4.69) is 95.8 Å². The van der Waals surface area contributed by atoms with Gasteiger partial charge in [-0.3, -0.25) is 0 Å². The molecule has 2 aliphatic rings. The molecule has 0 aromatic heterocycles. The van der Waals surface area contributed by atoms with Crippen LogP contribution in [0, 0.1) is 0 Å². The third-order valence-corrected chi connectivity index (χ3v) is 14.9. The summed E-state index contributed by atoms with van der Waals surface area (Å²) < 4.78 is 1.66. The van der Waals surface area contributed by atoms with Gasteiger partial charge in [0.15, 0.2) is 0 Å². The molecule has 0 aliphatic carbocycles. The molecule has 0 aromatic rings. The van der Waals surface area contributed by atoms with Crippen LogP contribution in [-0.4, -0.2) is 65.7 Å². The molecular weight excluding hydrogens is 449 g/mol. The first-order chi connectivity index (χ1) is 11.8. The molecule has 2 aliphatic heterocycles. The van der Waals surface area contributed by atoms with Crippen LogP contribution >= 0.6 is 95.8 Å². The van der Waals surface area contributed by atoms with E-state index in [1.165, 1.54) is 60.2 Å². The van der Waals surface area contributed by atoms with Gasteiger partial charge in [-0.1, -0.05) is 12.8 Å². The lowest BCUT2D eigenvalue weighted by atomic mass is 10.2. The first-order valence-corrected chi connectivity index (χ1v) is 16.3. The number of rotatable bonds is 13. The molecule has 2 fully saturated rings. The molecular formula is C16H30S8. The lowest BCUT2D eigenvalue weighted by Crippen LogP contribution is -2.03. The van der Waals surface area contributed by atoms with Gasteiger partial charge in [0.25, 0.3) is 0 Å². The number of hydrogen-bond acceptors (Lipinski definition) is 8. The molecule has 0 spiro atoms. The zero-order valence-corrected chi connectivity index (χ0v) is 20.8. The fraction of sp³-hybridized carbons (Fsp3) is 1.00. The first kappa shape index (κ1) is 23.1. The Balaban J connectivity index is 1.30. The Labute approximate surface area is 185 Å². The Morgan fingerprint density at radius 3 is 1.54 bits per heavy atom. The van der Waals surface area contributed by atoms with E-state index in [1.54, 1.807) is 0 Å². The van der Waals surface area contributed by atoms with Crippen LogP contribution in [0.1, 0.15) is 25.7 Å². The van der Waals surface area contributed by atoms with Crippen molar-refractivity contribution < 1.29 is 0 Å². The Morgan fingerprint density at radius 1 is 0.708 bits per heavy atom. The molecule has 4 unspecified atom stereocenters. The van der Waals surface area contributed by atoms with Crippen molar-refractivity contribution >= 4 is 95.8 Å². The Kier molecular flexibility index (Phi) is 14.2. The molecule has 4 atom stereocenters. The highest BCUT2D eigenvalue weighted by Gasteiger charge is 2.25. The van der Waals surface area contributed by atoms with E-state index in [9.17, 15) is 0 Å². The van der Waals surface area contributed by atoms with Crippen molar-refractivity contribution in [3.8, 4) is 0 Å². The third-order valence-electron chi connectivity index (χ3n) is 3.87. The zero-order chi connectivity index (χ0) is 17.0. The minimum Gasteiger partial charge on any atom is -0.178 e. The third kappa shape index (κ3) is 9.83. The van der Waals surface area contributed by atoms with E-state index >= 15 is 0 Å². The van der Waals surface area contributed by atoms with E-state index in [0.29, 0.717) is 0 Å². The Hall–Kier alpha value is 2.80. The Morgan fingerprint density at radius 2 is 1.17 bits per heavy atom. The van der Waals surface area contributed by atoms with Crippen LogP contribution in [0.2, 0.25) is 0 Å². The van der Waals surface area contributed by atoms with Gasteiger partial charge in [0, 0.05) is 45.0 Å². The fourth-order valence-electron chi connectivity index (χ4n) is 2.50. The van der Waals surface area contributed by atoms with Crippen molar-refractivity contribution in [1.29, 1.82) is 0 Å². The molecule has 8 heteroatoms. The minimum absolute atomic E-state index is 0.797. The summed E-state index contributed by atoms with van der Waals surface area (Å²) in [4.78, 5) is 0. The standard InChI is InChI=1S/C16H30S8/c17-7-13-9-21-15(23-13)11-19-5-3-1-2-4-6-20-12-16-22-10-14(8-18)24-16/h13-18H,1-12H2. The average molecular weight is 479 g/mol. The zero-order valence-electron chi connectivity index (χ0n) is 14.1. The molecule has 0 nitrogen and oxygen atoms in total. The monoisotopic (exact) mass is 478 g/mol. The lowest BCUT2D eigenvalue weighted by molar-refractivity contribution is 0.711. The second-order valence-corrected chi connectivity index (χ2v) is 15.1. The highest BCUT2D eigenvalue weighted by Crippen LogP contribution is 2.40. The second-order valence-electron chi connectivity index (χ2n) is 5.97. The minimum atomic E-state index is 0.797. The summed E-state index contributed by atoms with van der Waals surface area (Å²) in [5, 5.41) is 1.59. The molecule has 2 heterocycles. The molecule has 142 valence electrons. The summed E-state index contributed by atoms with van der Waals surface area (Å²) >= 11 is 21.8. The molecule has 0 saturated carbocycles. The van der Waals surface area contributed by atoms with Crippen molar-refractivity contribution in [2.45, 2.75) is 45.3 Å². The summed E-state index contributed by atoms with van der Waals surface area (Å²) in [5.74, 6) is 10.1. The summed E-state index contributed by atoms with van der Waals surface area (Å²) in [5.41, 5.74) is 0. The predicted octanol–water partition coefficient (Wildman–Crippen LogP) is 6.22. The van der Waals surface area contributed by atoms with E-state index in [-0.39, 0.29) is 0 Å². The number of hydrogen-bond donors (Lipinski definition) is 2. The molecule has 0 N–H and O–H groups in total. The predicted molar refractivity (Wildman–Crippen MR) is 136 cm³/mol. The first-order valence-electron chi connectivity index (χ1n) is 8.73. The van der Waals surface area contributed by atoms with Crippen molar-refractivity contribution in [3.63, 3.8) is 0 Å². The molecule has 0 bridgehead atoms. The SMILES string of the molecule is SCC1CSC(CSCCCCCCSCC2SCC(CS)S2)S1. The van der Waals surface area contributed by atoms with Crippen molar-refractivity contribution in [1.82, 2.24) is 0 Å². The maximum Gasteiger partial charge on any atom is 0.0596 e. The van der Waals surface area contributed by atoms with E-state index < -0.39 is 0 Å². The number of thioether (sulfide) groups is 6. The van der Waals surface area contributed by atoms with E-state index in [0.717, 1.165) is 31.2 Å². The highest BCUT2D eigenvalue weighted by atomic mass is 32.2. The van der Waals surface area contributed by atoms with Crippen LogP contribution in [-0.2, 0) is 0 Å². The Bertz CT molecular complexity index is 286. The normalized spacial score (nSPS) is 30.2. The van der Waals surface area contributed by atoms with Crippen LogP contribution in [0.25, 0.3) is 0 Å². The number of thiol groups is 2. The average Bonchev–Trinajstić information content (AvgIpc) is 3.25. The molecule has 0 aromatic carbocycles. The molecule has 0 radical (unpaired) electrons. The topological polar surface area (TPSA) is 0 Å². The summed E-state index contributed by atoms with van der Waals surface area (Å²) in [6.07, 6.45) is 5.66.